The van der Waals surface area contributed by atoms with Gasteiger partial charge >= 0.3 is 6.18 Å². The molecule has 0 radical (unpaired) electrons. The Morgan fingerprint density at radius 1 is 0.271 bits per heavy atom. The number of benzene rings is 15. The minimum absolute atomic E-state index is 0.0614. The van der Waals surface area contributed by atoms with E-state index in [4.69, 9.17) is 14.9 Å². The molecule has 133 heavy (non-hydrogen) atoms. The van der Waals surface area contributed by atoms with Crippen LogP contribution in [0.3, 0.4) is 0 Å². The molecule has 700 valence electrons. The molecule has 0 saturated heterocycles. The van der Waals surface area contributed by atoms with Gasteiger partial charge in [-0.05, 0) is 265 Å². The third kappa shape index (κ3) is 36.3. The van der Waals surface area contributed by atoms with Crippen LogP contribution in [0.15, 0.2) is 364 Å². The Morgan fingerprint density at radius 2 is 0.496 bits per heavy atom. The summed E-state index contributed by atoms with van der Waals surface area (Å²) in [6.07, 6.45) is 1.22. The summed E-state index contributed by atoms with van der Waals surface area (Å²) in [5, 5.41) is 17.5. The van der Waals surface area contributed by atoms with Gasteiger partial charge in [-0.2, -0.15) is 13.2 Å². The summed E-state index contributed by atoms with van der Waals surface area (Å²) < 4.78 is 41.6. The third-order valence-electron chi connectivity index (χ3n) is 22.3. The van der Waals surface area contributed by atoms with Gasteiger partial charge in [0.05, 0.1) is 12.2 Å². The van der Waals surface area contributed by atoms with E-state index in [1.165, 1.54) is 157 Å². The Hall–Kier alpha value is -12.4. The second-order valence-electron chi connectivity index (χ2n) is 33.5. The molecule has 15 aromatic rings. The molecule has 15 aromatic carbocycles. The Bertz CT molecular complexity index is 5060. The maximum atomic E-state index is 12.1. The van der Waals surface area contributed by atoms with Gasteiger partial charge < -0.3 is 14.9 Å². The summed E-state index contributed by atoms with van der Waals surface area (Å²) in [5.74, 6) is 3.81. The molecule has 0 saturated carbocycles. The number of hydrogen-bond acceptors (Lipinski definition) is 3. The van der Waals surface area contributed by atoms with Crippen LogP contribution in [0.4, 0.5) is 13.2 Å². The molecule has 0 fully saturated rings. The van der Waals surface area contributed by atoms with E-state index in [-0.39, 0.29) is 12.5 Å². The van der Waals surface area contributed by atoms with Crippen molar-refractivity contribution in [3.05, 3.63) is 475 Å². The van der Waals surface area contributed by atoms with Crippen molar-refractivity contribution in [2.24, 2.45) is 0 Å². The number of aliphatic hydroxyl groups excluding tert-OH is 1. The molecule has 3 nitrogen and oxygen atoms in total. The van der Waals surface area contributed by atoms with Gasteiger partial charge in [-0.3, -0.25) is 0 Å². The summed E-state index contributed by atoms with van der Waals surface area (Å²) in [6, 6.07) is 124. The SMILES string of the molecule is CC.CC.CC.CC.CC.CC(C)c1ccc(C(F)(F)F)cc1.CC(C)c1ccc(O)cc1.CC(C)c1ccc(OCCO)cc1.Cc1cc(C)c(C(C)C)c(C)c1.Cc1ccc(C(C)C)cc1.c1ccc(Cc2ccccc2)cc1.c1ccc2c(c1)Cc1ccccc1-2.c1ccc2c(c1)Cc1ccccc1-2.c1ccc2c(c1)Cc1ccccc1-2.c1ccc2c(c1)Cc1ccccc1-2. The molecular formula is C127H153F3O3. The number of hydrogen-bond donors (Lipinski definition) is 2. The first-order valence-electron chi connectivity index (χ1n) is 48.5. The molecule has 2 N–H and O–H groups in total. The number of aromatic hydroxyl groups is 1. The zero-order valence-electron chi connectivity index (χ0n) is 84.4. The number of alkyl halides is 3. The zero-order valence-corrected chi connectivity index (χ0v) is 84.4. The van der Waals surface area contributed by atoms with Crippen LogP contribution in [0.5, 0.6) is 11.5 Å². The number of ether oxygens (including phenoxy) is 1. The van der Waals surface area contributed by atoms with Gasteiger partial charge in [0, 0.05) is 0 Å². The maximum absolute atomic E-state index is 12.1. The first-order valence-corrected chi connectivity index (χ1v) is 48.5. The molecule has 4 aliphatic carbocycles. The molecule has 0 aliphatic heterocycles. The van der Waals surface area contributed by atoms with Crippen LogP contribution in [0.25, 0.3) is 44.5 Å². The van der Waals surface area contributed by atoms with Gasteiger partial charge in [0.15, 0.2) is 0 Å². The Morgan fingerprint density at radius 3 is 0.729 bits per heavy atom. The van der Waals surface area contributed by atoms with Gasteiger partial charge in [0.2, 0.25) is 0 Å². The van der Waals surface area contributed by atoms with Gasteiger partial charge in [-0.1, -0.05) is 477 Å². The first-order chi connectivity index (χ1) is 64.3. The van der Waals surface area contributed by atoms with Crippen molar-refractivity contribution in [1.82, 2.24) is 0 Å². The van der Waals surface area contributed by atoms with Crippen LogP contribution >= 0.6 is 0 Å². The molecule has 0 unspecified atom stereocenters. The van der Waals surface area contributed by atoms with Crippen molar-refractivity contribution in [2.45, 2.75) is 234 Å². The average Bonchev–Trinajstić information content (AvgIpc) is 1.67. The van der Waals surface area contributed by atoms with E-state index >= 15 is 0 Å². The lowest BCUT2D eigenvalue weighted by Crippen LogP contribution is -2.04. The normalized spacial score (nSPS) is 10.7. The number of fused-ring (bicyclic) bond motifs is 12. The highest BCUT2D eigenvalue weighted by molar-refractivity contribution is 5.79. The van der Waals surface area contributed by atoms with Crippen LogP contribution < -0.4 is 4.74 Å². The van der Waals surface area contributed by atoms with E-state index in [1.807, 2.05) is 107 Å². The molecule has 0 amide bonds. The predicted octanol–water partition coefficient (Wildman–Crippen LogP) is 36.8. The van der Waals surface area contributed by atoms with E-state index in [2.05, 4.69) is 386 Å². The second kappa shape index (κ2) is 60.7. The number of halogens is 3. The van der Waals surface area contributed by atoms with Gasteiger partial charge in [0.1, 0.15) is 18.1 Å². The molecule has 0 atom stereocenters. The molecule has 0 aromatic heterocycles. The van der Waals surface area contributed by atoms with Crippen LogP contribution in [0.2, 0.25) is 0 Å². The zero-order chi connectivity index (χ0) is 97.8. The molecule has 0 spiro atoms. The van der Waals surface area contributed by atoms with Crippen molar-refractivity contribution in [2.75, 3.05) is 13.2 Å². The van der Waals surface area contributed by atoms with Crippen LogP contribution in [0, 0.1) is 27.7 Å². The first kappa shape index (κ1) is 111. The topological polar surface area (TPSA) is 49.7 Å². The minimum Gasteiger partial charge on any atom is -0.508 e. The number of rotatable bonds is 10. The highest BCUT2D eigenvalue weighted by atomic mass is 19.4. The summed E-state index contributed by atoms with van der Waals surface area (Å²) >= 11 is 0. The summed E-state index contributed by atoms with van der Waals surface area (Å²) in [6.45, 7) is 50.5. The number of phenolic OH excluding ortho intramolecular Hbond substituents is 1. The highest BCUT2D eigenvalue weighted by Gasteiger charge is 2.30. The summed E-state index contributed by atoms with van der Waals surface area (Å²) in [4.78, 5) is 0. The van der Waals surface area contributed by atoms with Crippen molar-refractivity contribution in [3.63, 3.8) is 0 Å². The standard InChI is InChI=1S/4C13H10.C13H12.C12H18.C11H16O2.C10H11F3.C10H14.C9H12O.5C2H6/c4*1-3-7-12-10(5-1)9-11-6-2-4-8-13(11)12;1-3-7-12(8-4-1)11-13-9-5-2-6-10-13;1-8(2)12-10(4)6-9(3)7-11(12)5;1-9(2)10-3-5-11(6-4-10)13-8-7-12;1-7(2)8-3-5-9(6-4-8)10(11,12)13;1-8(2)10-6-4-9(3)5-7-10;1-7(2)8-3-5-9(10)6-4-8;5*1-2/h4*1-8H,9H2;1-10H,11H2;6-8H,1-5H3;3-6,9,12H,7-8H2,1-2H3;3-7H,1-2H3;4-8H,1-3H3;3-7,10H,1-2H3;5*1-2H3. The molecule has 0 bridgehead atoms. The van der Waals surface area contributed by atoms with E-state index in [0.29, 0.717) is 36.0 Å². The highest BCUT2D eigenvalue weighted by Crippen LogP contribution is 2.40. The van der Waals surface area contributed by atoms with Gasteiger partial charge in [-0.15, -0.1) is 0 Å². The monoisotopic (exact) mass is 1780 g/mol. The van der Waals surface area contributed by atoms with E-state index in [1.54, 1.807) is 12.1 Å². The lowest BCUT2D eigenvalue weighted by atomic mass is 9.92. The largest absolute Gasteiger partial charge is 0.508 e. The van der Waals surface area contributed by atoms with Crippen molar-refractivity contribution in [3.8, 4) is 56.0 Å². The van der Waals surface area contributed by atoms with E-state index in [9.17, 15) is 13.2 Å². The average molecular weight is 1780 g/mol. The molecule has 6 heteroatoms. The van der Waals surface area contributed by atoms with Crippen LogP contribution in [0.1, 0.15) is 279 Å². The molecular weight excluding hydrogens is 1630 g/mol. The maximum Gasteiger partial charge on any atom is 0.416 e. The van der Waals surface area contributed by atoms with Crippen LogP contribution in [-0.4, -0.2) is 23.4 Å². The number of aliphatic hydroxyl groups is 1. The summed E-state index contributed by atoms with van der Waals surface area (Å²) in [7, 11) is 0. The van der Waals surface area contributed by atoms with E-state index in [0.717, 1.165) is 55.5 Å². The van der Waals surface area contributed by atoms with Crippen molar-refractivity contribution < 1.29 is 28.1 Å². The second-order valence-corrected chi connectivity index (χ2v) is 33.5. The molecule has 0 heterocycles. The predicted molar refractivity (Wildman–Crippen MR) is 572 cm³/mol. The van der Waals surface area contributed by atoms with E-state index < -0.39 is 11.7 Å². The quantitative estimate of drug-likeness (QED) is 0.143. The smallest absolute Gasteiger partial charge is 0.416 e. The number of aryl methyl sites for hydroxylation is 4. The molecule has 19 rings (SSSR count). The Labute approximate surface area is 801 Å². The minimum atomic E-state index is -4.23. The van der Waals surface area contributed by atoms with Crippen molar-refractivity contribution >= 4 is 0 Å². The van der Waals surface area contributed by atoms with Crippen LogP contribution in [-0.2, 0) is 38.3 Å². The third-order valence-corrected chi connectivity index (χ3v) is 22.3. The van der Waals surface area contributed by atoms with Gasteiger partial charge in [-0.25, -0.2) is 0 Å². The fourth-order valence-electron chi connectivity index (χ4n) is 15.8. The Balaban J connectivity index is 0.000000259. The summed E-state index contributed by atoms with van der Waals surface area (Å²) in [5.41, 5.74) is 37.2. The fraction of sp³-hybridized carbons (Fsp3) is 0.291. The Kier molecular flexibility index (Phi) is 50.7. The lowest BCUT2D eigenvalue weighted by Gasteiger charge is -2.14. The molecule has 4 aliphatic rings. The fourth-order valence-corrected chi connectivity index (χ4v) is 15.8. The number of phenols is 1. The lowest BCUT2D eigenvalue weighted by molar-refractivity contribution is -0.137. The van der Waals surface area contributed by atoms with Crippen molar-refractivity contribution in [1.29, 1.82) is 0 Å². The van der Waals surface area contributed by atoms with Gasteiger partial charge in [0.25, 0.3) is 0 Å².